The van der Waals surface area contributed by atoms with E-state index in [0.717, 1.165) is 24.2 Å². The highest BCUT2D eigenvalue weighted by Crippen LogP contribution is 2.26. The van der Waals surface area contributed by atoms with Crippen LogP contribution in [0.25, 0.3) is 22.6 Å². The maximum Gasteiger partial charge on any atom is 0.230 e. The van der Waals surface area contributed by atoms with Gasteiger partial charge in [-0.3, -0.25) is 0 Å². The first-order chi connectivity index (χ1) is 9.78. The van der Waals surface area contributed by atoms with Crippen LogP contribution >= 0.6 is 0 Å². The average Bonchev–Trinajstić information content (AvgIpc) is 2.88. The Morgan fingerprint density at radius 3 is 2.85 bits per heavy atom. The topological polar surface area (TPSA) is 38.1 Å². The zero-order valence-corrected chi connectivity index (χ0v) is 11.2. The van der Waals surface area contributed by atoms with Crippen LogP contribution in [0.15, 0.2) is 46.9 Å². The van der Waals surface area contributed by atoms with Crippen molar-refractivity contribution in [2.24, 2.45) is 0 Å². The lowest BCUT2D eigenvalue weighted by Crippen LogP contribution is -2.11. The minimum atomic E-state index is -0.327. The van der Waals surface area contributed by atoms with Crippen LogP contribution in [0.2, 0.25) is 0 Å². The molecular formula is C16H15FN2O. The minimum absolute atomic E-state index is 0.318. The SMILES string of the molecule is CCNCc1ccc2nc(-c3ccccc3F)oc2c1. The first kappa shape index (κ1) is 12.8. The summed E-state index contributed by atoms with van der Waals surface area (Å²) in [4.78, 5) is 4.34. The van der Waals surface area contributed by atoms with Gasteiger partial charge in [-0.1, -0.05) is 25.1 Å². The number of halogens is 1. The molecule has 102 valence electrons. The molecule has 1 heterocycles. The predicted molar refractivity (Wildman–Crippen MR) is 76.8 cm³/mol. The maximum absolute atomic E-state index is 13.7. The molecular weight excluding hydrogens is 255 g/mol. The van der Waals surface area contributed by atoms with E-state index in [-0.39, 0.29) is 5.82 Å². The molecule has 0 unspecified atom stereocenters. The van der Waals surface area contributed by atoms with Crippen LogP contribution < -0.4 is 5.32 Å². The highest BCUT2D eigenvalue weighted by atomic mass is 19.1. The largest absolute Gasteiger partial charge is 0.436 e. The molecule has 20 heavy (non-hydrogen) atoms. The zero-order chi connectivity index (χ0) is 13.9. The standard InChI is InChI=1S/C16H15FN2O/c1-2-18-10-11-7-8-14-15(9-11)20-16(19-14)12-5-3-4-6-13(12)17/h3-9,18H,2,10H2,1H3. The molecule has 0 saturated carbocycles. The molecule has 0 fully saturated rings. The molecule has 2 aromatic carbocycles. The van der Waals surface area contributed by atoms with Crippen LogP contribution in [0, 0.1) is 5.82 Å². The summed E-state index contributed by atoms with van der Waals surface area (Å²) in [5.41, 5.74) is 2.93. The second-order valence-corrected chi connectivity index (χ2v) is 4.58. The molecule has 0 amide bonds. The molecule has 4 heteroatoms. The molecule has 3 rings (SSSR count). The van der Waals surface area contributed by atoms with Gasteiger partial charge in [-0.05, 0) is 36.4 Å². The van der Waals surface area contributed by atoms with E-state index < -0.39 is 0 Å². The second kappa shape index (κ2) is 5.43. The number of fused-ring (bicyclic) bond motifs is 1. The number of hydrogen-bond donors (Lipinski definition) is 1. The number of aromatic nitrogens is 1. The molecule has 0 radical (unpaired) electrons. The van der Waals surface area contributed by atoms with E-state index in [1.54, 1.807) is 18.2 Å². The monoisotopic (exact) mass is 270 g/mol. The molecule has 0 aliphatic rings. The lowest BCUT2D eigenvalue weighted by atomic mass is 10.2. The van der Waals surface area contributed by atoms with Gasteiger partial charge in [-0.2, -0.15) is 0 Å². The lowest BCUT2D eigenvalue weighted by Gasteiger charge is -2.00. The predicted octanol–water partition coefficient (Wildman–Crippen LogP) is 3.74. The van der Waals surface area contributed by atoms with E-state index in [1.807, 2.05) is 18.2 Å². The second-order valence-electron chi connectivity index (χ2n) is 4.58. The maximum atomic E-state index is 13.7. The number of nitrogens with one attached hydrogen (secondary N) is 1. The van der Waals surface area contributed by atoms with Gasteiger partial charge in [0, 0.05) is 6.54 Å². The summed E-state index contributed by atoms with van der Waals surface area (Å²) in [7, 11) is 0. The number of benzene rings is 2. The molecule has 1 N–H and O–H groups in total. The first-order valence-corrected chi connectivity index (χ1v) is 6.63. The molecule has 0 spiro atoms. The van der Waals surface area contributed by atoms with Gasteiger partial charge in [0.25, 0.3) is 0 Å². The van der Waals surface area contributed by atoms with Crippen molar-refractivity contribution in [1.82, 2.24) is 10.3 Å². The quantitative estimate of drug-likeness (QED) is 0.784. The summed E-state index contributed by atoms with van der Waals surface area (Å²) in [5.74, 6) is -0.00868. The van der Waals surface area contributed by atoms with Crippen molar-refractivity contribution in [2.75, 3.05) is 6.54 Å². The summed E-state index contributed by atoms with van der Waals surface area (Å²) in [6.07, 6.45) is 0. The Hall–Kier alpha value is -2.20. The Labute approximate surface area is 116 Å². The Balaban J connectivity index is 2.00. The van der Waals surface area contributed by atoms with Gasteiger partial charge in [0.15, 0.2) is 5.58 Å². The van der Waals surface area contributed by atoms with Gasteiger partial charge in [0.05, 0.1) is 5.56 Å². The zero-order valence-electron chi connectivity index (χ0n) is 11.2. The Morgan fingerprint density at radius 2 is 2.05 bits per heavy atom. The third-order valence-corrected chi connectivity index (χ3v) is 3.14. The van der Waals surface area contributed by atoms with Crippen LogP contribution in [0.4, 0.5) is 4.39 Å². The lowest BCUT2D eigenvalue weighted by molar-refractivity contribution is 0.593. The Kier molecular flexibility index (Phi) is 3.48. The third kappa shape index (κ3) is 2.42. The van der Waals surface area contributed by atoms with Crippen LogP contribution in [-0.4, -0.2) is 11.5 Å². The Bertz CT molecular complexity index is 736. The molecule has 3 nitrogen and oxygen atoms in total. The van der Waals surface area contributed by atoms with Gasteiger partial charge in [0.1, 0.15) is 11.3 Å². The number of hydrogen-bond acceptors (Lipinski definition) is 3. The van der Waals surface area contributed by atoms with E-state index in [9.17, 15) is 4.39 Å². The molecule has 0 aliphatic carbocycles. The van der Waals surface area contributed by atoms with Crippen molar-refractivity contribution in [3.8, 4) is 11.5 Å². The average molecular weight is 270 g/mol. The smallest absolute Gasteiger partial charge is 0.230 e. The summed E-state index contributed by atoms with van der Waals surface area (Å²) in [5, 5.41) is 3.25. The van der Waals surface area contributed by atoms with Gasteiger partial charge in [0.2, 0.25) is 5.89 Å². The molecule has 0 bridgehead atoms. The molecule has 0 aliphatic heterocycles. The van der Waals surface area contributed by atoms with Crippen molar-refractivity contribution in [3.05, 3.63) is 53.8 Å². The molecule has 3 aromatic rings. The summed E-state index contributed by atoms with van der Waals surface area (Å²) in [6.45, 7) is 3.75. The number of oxazole rings is 1. The normalized spacial score (nSPS) is 11.1. The molecule has 1 aromatic heterocycles. The van der Waals surface area contributed by atoms with E-state index in [2.05, 4.69) is 17.2 Å². The number of rotatable bonds is 4. The summed E-state index contributed by atoms with van der Waals surface area (Å²) < 4.78 is 19.4. The highest BCUT2D eigenvalue weighted by molar-refractivity contribution is 5.77. The van der Waals surface area contributed by atoms with Gasteiger partial charge in [-0.15, -0.1) is 0 Å². The van der Waals surface area contributed by atoms with Crippen molar-refractivity contribution in [3.63, 3.8) is 0 Å². The van der Waals surface area contributed by atoms with E-state index in [4.69, 9.17) is 4.42 Å². The third-order valence-electron chi connectivity index (χ3n) is 3.14. The van der Waals surface area contributed by atoms with Crippen LogP contribution in [-0.2, 0) is 6.54 Å². The highest BCUT2D eigenvalue weighted by Gasteiger charge is 2.12. The summed E-state index contributed by atoms with van der Waals surface area (Å²) >= 11 is 0. The molecule has 0 atom stereocenters. The fourth-order valence-corrected chi connectivity index (χ4v) is 2.10. The van der Waals surface area contributed by atoms with Gasteiger partial charge >= 0.3 is 0 Å². The van der Waals surface area contributed by atoms with Crippen molar-refractivity contribution < 1.29 is 8.81 Å². The molecule has 0 saturated heterocycles. The van der Waals surface area contributed by atoms with Crippen LogP contribution in [0.3, 0.4) is 0 Å². The van der Waals surface area contributed by atoms with Gasteiger partial charge < -0.3 is 9.73 Å². The van der Waals surface area contributed by atoms with Crippen LogP contribution in [0.5, 0.6) is 0 Å². The Morgan fingerprint density at radius 1 is 1.20 bits per heavy atom. The first-order valence-electron chi connectivity index (χ1n) is 6.63. The minimum Gasteiger partial charge on any atom is -0.436 e. The van der Waals surface area contributed by atoms with E-state index in [1.165, 1.54) is 6.07 Å². The van der Waals surface area contributed by atoms with E-state index >= 15 is 0 Å². The summed E-state index contributed by atoms with van der Waals surface area (Å²) in [6, 6.07) is 12.3. The van der Waals surface area contributed by atoms with Crippen molar-refractivity contribution in [1.29, 1.82) is 0 Å². The van der Waals surface area contributed by atoms with Crippen LogP contribution in [0.1, 0.15) is 12.5 Å². The van der Waals surface area contributed by atoms with Gasteiger partial charge in [-0.25, -0.2) is 9.37 Å². The fraction of sp³-hybridized carbons (Fsp3) is 0.188. The van der Waals surface area contributed by atoms with Crippen molar-refractivity contribution in [2.45, 2.75) is 13.5 Å². The van der Waals surface area contributed by atoms with Crippen molar-refractivity contribution >= 4 is 11.1 Å². The fourth-order valence-electron chi connectivity index (χ4n) is 2.10. The van der Waals surface area contributed by atoms with E-state index in [0.29, 0.717) is 17.0 Å². The number of nitrogens with zero attached hydrogens (tertiary/aromatic N) is 1.